The summed E-state index contributed by atoms with van der Waals surface area (Å²) in [6.45, 7) is 0.828. The third kappa shape index (κ3) is 3.00. The molecule has 1 N–H and O–H groups in total. The number of nitrogens with zero attached hydrogens (tertiary/aromatic N) is 4. The predicted octanol–water partition coefficient (Wildman–Crippen LogP) is 2.09. The Labute approximate surface area is 122 Å². The lowest BCUT2D eigenvalue weighted by molar-refractivity contribution is 0.687. The van der Waals surface area contributed by atoms with E-state index in [9.17, 15) is 5.26 Å². The molecule has 1 heterocycles. The maximum absolute atomic E-state index is 9.30. The van der Waals surface area contributed by atoms with Gasteiger partial charge in [0.2, 0.25) is 0 Å². The highest BCUT2D eigenvalue weighted by atomic mass is 32.2. The van der Waals surface area contributed by atoms with Crippen LogP contribution in [0, 0.1) is 11.3 Å². The molecule has 6 heteroatoms. The first-order chi connectivity index (χ1) is 9.76. The van der Waals surface area contributed by atoms with E-state index in [0.717, 1.165) is 22.2 Å². The van der Waals surface area contributed by atoms with Gasteiger partial charge in [0.05, 0.1) is 5.56 Å². The van der Waals surface area contributed by atoms with Crippen molar-refractivity contribution in [1.82, 2.24) is 20.1 Å². The quantitative estimate of drug-likeness (QED) is 0.911. The summed E-state index contributed by atoms with van der Waals surface area (Å²) in [5.41, 5.74) is 1.84. The van der Waals surface area contributed by atoms with E-state index >= 15 is 0 Å². The van der Waals surface area contributed by atoms with Gasteiger partial charge in [-0.1, -0.05) is 6.07 Å². The second-order valence-corrected chi connectivity index (χ2v) is 5.93. The fourth-order valence-electron chi connectivity index (χ4n) is 1.88. The zero-order chi connectivity index (χ0) is 13.9. The third-order valence-electron chi connectivity index (χ3n) is 3.21. The lowest BCUT2D eigenvalue weighted by atomic mass is 10.1. The Kier molecular flexibility index (Phi) is 3.72. The molecule has 102 valence electrons. The van der Waals surface area contributed by atoms with Gasteiger partial charge >= 0.3 is 0 Å². The summed E-state index contributed by atoms with van der Waals surface area (Å²) in [7, 11) is 1.89. The second kappa shape index (κ2) is 5.65. The van der Waals surface area contributed by atoms with Crippen molar-refractivity contribution in [3.63, 3.8) is 0 Å². The number of hydrogen-bond acceptors (Lipinski definition) is 5. The summed E-state index contributed by atoms with van der Waals surface area (Å²) in [5, 5.41) is 21.4. The van der Waals surface area contributed by atoms with E-state index in [0.29, 0.717) is 11.6 Å². The molecule has 0 aliphatic heterocycles. The van der Waals surface area contributed by atoms with Crippen LogP contribution in [-0.4, -0.2) is 20.8 Å². The third-order valence-corrected chi connectivity index (χ3v) is 4.34. The van der Waals surface area contributed by atoms with Gasteiger partial charge in [-0.3, -0.25) is 0 Å². The number of aryl methyl sites for hydroxylation is 1. The summed E-state index contributed by atoms with van der Waals surface area (Å²) in [6, 6.07) is 8.94. The van der Waals surface area contributed by atoms with Crippen molar-refractivity contribution < 1.29 is 0 Å². The Morgan fingerprint density at radius 1 is 1.50 bits per heavy atom. The topological polar surface area (TPSA) is 66.5 Å². The Hall–Kier alpha value is -1.84. The zero-order valence-corrected chi connectivity index (χ0v) is 12.0. The van der Waals surface area contributed by atoms with E-state index in [2.05, 4.69) is 27.6 Å². The van der Waals surface area contributed by atoms with Crippen LogP contribution in [-0.2, 0) is 13.6 Å². The molecule has 1 aliphatic rings. The Balaban J connectivity index is 1.76. The number of hydrogen-bond donors (Lipinski definition) is 1. The van der Waals surface area contributed by atoms with Gasteiger partial charge < -0.3 is 9.88 Å². The molecule has 0 bridgehead atoms. The van der Waals surface area contributed by atoms with Crippen LogP contribution in [0.2, 0.25) is 0 Å². The van der Waals surface area contributed by atoms with Gasteiger partial charge in [-0.05, 0) is 42.3 Å². The largest absolute Gasteiger partial charge is 0.311 e. The monoisotopic (exact) mass is 285 g/mol. The van der Waals surface area contributed by atoms with Gasteiger partial charge in [0.25, 0.3) is 0 Å². The molecule has 5 nitrogen and oxygen atoms in total. The van der Waals surface area contributed by atoms with Gasteiger partial charge in [-0.15, -0.1) is 10.2 Å². The fourth-order valence-corrected chi connectivity index (χ4v) is 2.70. The highest BCUT2D eigenvalue weighted by Crippen LogP contribution is 2.29. The van der Waals surface area contributed by atoms with Gasteiger partial charge in [-0.25, -0.2) is 0 Å². The molecule has 0 unspecified atom stereocenters. The predicted molar refractivity (Wildman–Crippen MR) is 76.1 cm³/mol. The molecular weight excluding hydrogens is 270 g/mol. The van der Waals surface area contributed by atoms with Crippen LogP contribution >= 0.6 is 11.8 Å². The Morgan fingerprint density at radius 3 is 3.00 bits per heavy atom. The van der Waals surface area contributed by atoms with Crippen molar-refractivity contribution in [3.8, 4) is 6.07 Å². The molecule has 1 saturated carbocycles. The number of nitrogens with one attached hydrogen (secondary N) is 1. The molecule has 1 aromatic carbocycles. The molecule has 2 aromatic rings. The van der Waals surface area contributed by atoms with Crippen LogP contribution < -0.4 is 5.32 Å². The summed E-state index contributed by atoms with van der Waals surface area (Å²) < 4.78 is 1.84. The van der Waals surface area contributed by atoms with Crippen molar-refractivity contribution in [2.24, 2.45) is 7.05 Å². The molecule has 0 saturated heterocycles. The summed E-state index contributed by atoms with van der Waals surface area (Å²) >= 11 is 1.46. The maximum atomic E-state index is 9.30. The summed E-state index contributed by atoms with van der Waals surface area (Å²) in [5.74, 6) is 0. The second-order valence-electron chi connectivity index (χ2n) is 4.92. The van der Waals surface area contributed by atoms with E-state index in [4.69, 9.17) is 0 Å². The van der Waals surface area contributed by atoms with Crippen LogP contribution in [0.3, 0.4) is 0 Å². The number of aromatic nitrogens is 3. The first-order valence-electron chi connectivity index (χ1n) is 6.54. The van der Waals surface area contributed by atoms with Gasteiger partial charge in [0.1, 0.15) is 12.4 Å². The fraction of sp³-hybridized carbons (Fsp3) is 0.357. The Bertz CT molecular complexity index is 654. The molecule has 20 heavy (non-hydrogen) atoms. The van der Waals surface area contributed by atoms with E-state index < -0.39 is 0 Å². The summed E-state index contributed by atoms with van der Waals surface area (Å²) in [6.07, 6.45) is 4.19. The lowest BCUT2D eigenvalue weighted by Crippen LogP contribution is -2.15. The average Bonchev–Trinajstić information content (AvgIpc) is 3.21. The van der Waals surface area contributed by atoms with Crippen molar-refractivity contribution in [2.75, 3.05) is 0 Å². The van der Waals surface area contributed by atoms with Gasteiger partial charge in [0, 0.05) is 24.5 Å². The van der Waals surface area contributed by atoms with Gasteiger partial charge in [-0.2, -0.15) is 5.26 Å². The number of nitriles is 1. The molecule has 1 aliphatic carbocycles. The van der Waals surface area contributed by atoms with E-state index in [1.54, 1.807) is 6.33 Å². The highest BCUT2D eigenvalue weighted by molar-refractivity contribution is 7.99. The molecule has 0 atom stereocenters. The lowest BCUT2D eigenvalue weighted by Gasteiger charge is -2.07. The summed E-state index contributed by atoms with van der Waals surface area (Å²) in [4.78, 5) is 0.916. The van der Waals surface area contributed by atoms with E-state index in [1.165, 1.54) is 24.6 Å². The SMILES string of the molecule is Cn1cnnc1Sc1ccc(CNC2CC2)cc1C#N. The minimum atomic E-state index is 0.674. The maximum Gasteiger partial charge on any atom is 0.195 e. The molecule has 0 amide bonds. The van der Waals surface area contributed by atoms with Crippen LogP contribution in [0.25, 0.3) is 0 Å². The average molecular weight is 285 g/mol. The van der Waals surface area contributed by atoms with Crippen molar-refractivity contribution in [3.05, 3.63) is 35.7 Å². The van der Waals surface area contributed by atoms with Crippen LogP contribution in [0.15, 0.2) is 34.6 Å². The van der Waals surface area contributed by atoms with Crippen LogP contribution in [0.5, 0.6) is 0 Å². The van der Waals surface area contributed by atoms with E-state index in [1.807, 2.05) is 23.7 Å². The number of benzene rings is 1. The smallest absolute Gasteiger partial charge is 0.195 e. The standard InChI is InChI=1S/C14H15N5S/c1-19-9-17-18-14(19)20-13-5-2-10(6-11(13)7-15)8-16-12-3-4-12/h2,5-6,9,12,16H,3-4,8H2,1H3. The van der Waals surface area contributed by atoms with Crippen LogP contribution in [0.4, 0.5) is 0 Å². The number of rotatable bonds is 5. The van der Waals surface area contributed by atoms with Crippen molar-refractivity contribution in [1.29, 1.82) is 5.26 Å². The normalized spacial score (nSPS) is 14.2. The molecule has 0 spiro atoms. The molecule has 0 radical (unpaired) electrons. The minimum absolute atomic E-state index is 0.674. The van der Waals surface area contributed by atoms with E-state index in [-0.39, 0.29) is 0 Å². The molecular formula is C14H15N5S. The van der Waals surface area contributed by atoms with Crippen molar-refractivity contribution in [2.45, 2.75) is 35.5 Å². The molecule has 1 aromatic heterocycles. The first-order valence-corrected chi connectivity index (χ1v) is 7.36. The van der Waals surface area contributed by atoms with Crippen LogP contribution in [0.1, 0.15) is 24.0 Å². The highest BCUT2D eigenvalue weighted by Gasteiger charge is 2.20. The van der Waals surface area contributed by atoms with Gasteiger partial charge in [0.15, 0.2) is 5.16 Å². The van der Waals surface area contributed by atoms with Crippen molar-refractivity contribution >= 4 is 11.8 Å². The first kappa shape index (κ1) is 13.2. The zero-order valence-electron chi connectivity index (χ0n) is 11.2. The minimum Gasteiger partial charge on any atom is -0.311 e. The molecule has 3 rings (SSSR count). The Morgan fingerprint density at radius 2 is 2.35 bits per heavy atom. The molecule has 1 fully saturated rings.